The van der Waals surface area contributed by atoms with Gasteiger partial charge in [-0.3, -0.25) is 0 Å². The molecular weight excluding hydrogens is 296 g/mol. The molecule has 0 aromatic carbocycles. The number of carbonyl (C=O) groups excluding carboxylic acids is 1. The van der Waals surface area contributed by atoms with Crippen LogP contribution in [0.15, 0.2) is 23.1 Å². The molecule has 2 aromatic rings. The summed E-state index contributed by atoms with van der Waals surface area (Å²) < 4.78 is 5.15. The second kappa shape index (κ2) is 6.72. The van der Waals surface area contributed by atoms with Crippen molar-refractivity contribution in [3.8, 4) is 0 Å². The summed E-state index contributed by atoms with van der Waals surface area (Å²) in [4.78, 5) is 26.1. The molecular formula is C15H22N6O2. The van der Waals surface area contributed by atoms with E-state index in [2.05, 4.69) is 25.4 Å². The number of nitrogens with zero attached hydrogens (tertiary/aromatic N) is 5. The average Bonchev–Trinajstić information content (AvgIpc) is 3.01. The first-order chi connectivity index (χ1) is 10.8. The van der Waals surface area contributed by atoms with Crippen LogP contribution in [0.5, 0.6) is 0 Å². The van der Waals surface area contributed by atoms with Crippen molar-refractivity contribution in [2.24, 2.45) is 0 Å². The molecule has 2 heterocycles. The molecule has 8 heteroatoms. The van der Waals surface area contributed by atoms with Crippen molar-refractivity contribution in [3.63, 3.8) is 0 Å². The van der Waals surface area contributed by atoms with E-state index >= 15 is 0 Å². The van der Waals surface area contributed by atoms with E-state index in [0.717, 1.165) is 5.69 Å². The summed E-state index contributed by atoms with van der Waals surface area (Å²) in [6.45, 7) is 8.07. The van der Waals surface area contributed by atoms with Crippen molar-refractivity contribution in [2.45, 2.75) is 45.7 Å². The monoisotopic (exact) mass is 318 g/mol. The van der Waals surface area contributed by atoms with Gasteiger partial charge in [-0.05, 0) is 13.0 Å². The summed E-state index contributed by atoms with van der Waals surface area (Å²) in [5.41, 5.74) is 0.579. The third-order valence-electron chi connectivity index (χ3n) is 3.46. The van der Waals surface area contributed by atoms with Crippen LogP contribution < -0.4 is 5.32 Å². The Morgan fingerprint density at radius 2 is 2.17 bits per heavy atom. The number of rotatable bonds is 4. The van der Waals surface area contributed by atoms with Crippen LogP contribution in [0.4, 0.5) is 4.79 Å². The summed E-state index contributed by atoms with van der Waals surface area (Å²) in [6.07, 6.45) is 3.11. The number of aromatic nitrogens is 4. The summed E-state index contributed by atoms with van der Waals surface area (Å²) in [6, 6.07) is 1.36. The molecule has 2 aromatic heterocycles. The van der Waals surface area contributed by atoms with E-state index in [1.165, 1.54) is 6.33 Å². The van der Waals surface area contributed by atoms with Gasteiger partial charge in [0.15, 0.2) is 5.82 Å². The fraction of sp³-hybridized carbons (Fsp3) is 0.533. The minimum atomic E-state index is -0.244. The maximum atomic E-state index is 12.2. The molecule has 2 amide bonds. The Morgan fingerprint density at radius 3 is 2.74 bits per heavy atom. The van der Waals surface area contributed by atoms with Gasteiger partial charge >= 0.3 is 6.03 Å². The lowest BCUT2D eigenvalue weighted by Gasteiger charge is -2.24. The number of amides is 2. The number of hydrogen-bond donors (Lipinski definition) is 1. The van der Waals surface area contributed by atoms with E-state index in [1.54, 1.807) is 24.2 Å². The molecule has 124 valence electrons. The minimum Gasteiger partial charge on any atom is -0.337 e. The van der Waals surface area contributed by atoms with Crippen LogP contribution in [0, 0.1) is 0 Å². The molecule has 1 atom stereocenters. The predicted octanol–water partition coefficient (Wildman–Crippen LogP) is 2.06. The SMILES string of the molecule is C[C@H](c1ccncn1)N(C)C(=O)NCc1nc(C(C)(C)C)no1. The summed E-state index contributed by atoms with van der Waals surface area (Å²) in [5, 5.41) is 6.69. The highest BCUT2D eigenvalue weighted by molar-refractivity contribution is 5.74. The molecule has 0 aliphatic carbocycles. The van der Waals surface area contributed by atoms with Gasteiger partial charge in [0.25, 0.3) is 0 Å². The minimum absolute atomic E-state index is 0.175. The molecule has 0 fully saturated rings. The van der Waals surface area contributed by atoms with Gasteiger partial charge in [0, 0.05) is 18.7 Å². The van der Waals surface area contributed by atoms with Gasteiger partial charge in [-0.1, -0.05) is 25.9 Å². The number of carbonyl (C=O) groups is 1. The molecule has 8 nitrogen and oxygen atoms in total. The summed E-state index contributed by atoms with van der Waals surface area (Å²) >= 11 is 0. The van der Waals surface area contributed by atoms with Gasteiger partial charge in [0.05, 0.1) is 18.3 Å². The van der Waals surface area contributed by atoms with Crippen molar-refractivity contribution in [3.05, 3.63) is 36.0 Å². The normalized spacial score (nSPS) is 12.7. The first-order valence-corrected chi connectivity index (χ1v) is 7.38. The van der Waals surface area contributed by atoms with Crippen LogP contribution in [0.1, 0.15) is 51.1 Å². The Morgan fingerprint density at radius 1 is 1.43 bits per heavy atom. The Bertz CT molecular complexity index is 649. The summed E-state index contributed by atoms with van der Waals surface area (Å²) in [7, 11) is 1.70. The zero-order chi connectivity index (χ0) is 17.0. The first kappa shape index (κ1) is 16.9. The molecule has 2 rings (SSSR count). The average molecular weight is 318 g/mol. The van der Waals surface area contributed by atoms with Gasteiger partial charge in [-0.25, -0.2) is 14.8 Å². The van der Waals surface area contributed by atoms with Crippen LogP contribution in [0.25, 0.3) is 0 Å². The summed E-state index contributed by atoms with van der Waals surface area (Å²) in [5.74, 6) is 0.996. The fourth-order valence-electron chi connectivity index (χ4n) is 1.83. The Hall–Kier alpha value is -2.51. The zero-order valence-corrected chi connectivity index (χ0v) is 14.1. The van der Waals surface area contributed by atoms with Crippen molar-refractivity contribution in [1.82, 2.24) is 30.3 Å². The quantitative estimate of drug-likeness (QED) is 0.926. The van der Waals surface area contributed by atoms with Crippen molar-refractivity contribution in [2.75, 3.05) is 7.05 Å². The molecule has 23 heavy (non-hydrogen) atoms. The standard InChI is InChI=1S/C15H22N6O2/c1-10(11-6-7-16-9-18-11)21(5)14(22)17-8-12-19-13(20-23-12)15(2,3)4/h6-7,9-10H,8H2,1-5H3,(H,17,22)/t10-/m1/s1. The van der Waals surface area contributed by atoms with Crippen molar-refractivity contribution >= 4 is 6.03 Å². The van der Waals surface area contributed by atoms with E-state index < -0.39 is 0 Å². The molecule has 0 unspecified atom stereocenters. The van der Waals surface area contributed by atoms with E-state index in [-0.39, 0.29) is 24.0 Å². The highest BCUT2D eigenvalue weighted by Gasteiger charge is 2.22. The molecule has 0 radical (unpaired) electrons. The predicted molar refractivity (Wildman–Crippen MR) is 83.4 cm³/mol. The topological polar surface area (TPSA) is 97.0 Å². The lowest BCUT2D eigenvalue weighted by molar-refractivity contribution is 0.191. The molecule has 0 aliphatic rings. The number of urea groups is 1. The maximum absolute atomic E-state index is 12.2. The maximum Gasteiger partial charge on any atom is 0.318 e. The molecule has 1 N–H and O–H groups in total. The van der Waals surface area contributed by atoms with E-state index in [1.807, 2.05) is 27.7 Å². The molecule has 0 saturated carbocycles. The second-order valence-corrected chi connectivity index (χ2v) is 6.34. The van der Waals surface area contributed by atoms with Crippen LogP contribution in [-0.4, -0.2) is 38.1 Å². The first-order valence-electron chi connectivity index (χ1n) is 7.38. The lowest BCUT2D eigenvalue weighted by Crippen LogP contribution is -2.38. The molecule has 0 saturated heterocycles. The van der Waals surface area contributed by atoms with Gasteiger partial charge in [-0.2, -0.15) is 4.98 Å². The third kappa shape index (κ3) is 4.24. The van der Waals surface area contributed by atoms with Gasteiger partial charge in [0.2, 0.25) is 5.89 Å². The van der Waals surface area contributed by atoms with E-state index in [4.69, 9.17) is 4.52 Å². The van der Waals surface area contributed by atoms with E-state index in [9.17, 15) is 4.79 Å². The Labute approximate surface area is 135 Å². The van der Waals surface area contributed by atoms with Gasteiger partial charge in [-0.15, -0.1) is 0 Å². The van der Waals surface area contributed by atoms with E-state index in [0.29, 0.717) is 11.7 Å². The number of nitrogens with one attached hydrogen (secondary N) is 1. The highest BCUT2D eigenvalue weighted by Crippen LogP contribution is 2.18. The van der Waals surface area contributed by atoms with Crippen LogP contribution >= 0.6 is 0 Å². The number of hydrogen-bond acceptors (Lipinski definition) is 6. The van der Waals surface area contributed by atoms with Crippen LogP contribution in [0.3, 0.4) is 0 Å². The Balaban J connectivity index is 1.93. The second-order valence-electron chi connectivity index (χ2n) is 6.34. The van der Waals surface area contributed by atoms with Crippen LogP contribution in [0.2, 0.25) is 0 Å². The van der Waals surface area contributed by atoms with Gasteiger partial charge < -0.3 is 14.7 Å². The van der Waals surface area contributed by atoms with Crippen molar-refractivity contribution in [1.29, 1.82) is 0 Å². The molecule has 0 bridgehead atoms. The third-order valence-corrected chi connectivity index (χ3v) is 3.46. The highest BCUT2D eigenvalue weighted by atomic mass is 16.5. The van der Waals surface area contributed by atoms with Gasteiger partial charge in [0.1, 0.15) is 6.33 Å². The zero-order valence-electron chi connectivity index (χ0n) is 14.1. The molecule has 0 aliphatic heterocycles. The van der Waals surface area contributed by atoms with Crippen LogP contribution in [-0.2, 0) is 12.0 Å². The van der Waals surface area contributed by atoms with Crippen molar-refractivity contribution < 1.29 is 9.32 Å². The fourth-order valence-corrected chi connectivity index (χ4v) is 1.83. The lowest BCUT2D eigenvalue weighted by atomic mass is 9.96. The largest absolute Gasteiger partial charge is 0.337 e. The molecule has 0 spiro atoms. The smallest absolute Gasteiger partial charge is 0.318 e. The Kier molecular flexibility index (Phi) is 4.92.